The second kappa shape index (κ2) is 4.57. The first-order chi connectivity index (χ1) is 6.52. The van der Waals surface area contributed by atoms with Gasteiger partial charge in [0.2, 0.25) is 0 Å². The van der Waals surface area contributed by atoms with Crippen molar-refractivity contribution in [1.82, 2.24) is 0 Å². The van der Waals surface area contributed by atoms with Gasteiger partial charge in [0.25, 0.3) is 0 Å². The van der Waals surface area contributed by atoms with Crippen LogP contribution in [0.15, 0.2) is 34.3 Å². The molecule has 0 aromatic heterocycles. The molecule has 1 aromatic rings. The Morgan fingerprint density at radius 3 is 2.14 bits per heavy atom. The third kappa shape index (κ3) is 2.56. The summed E-state index contributed by atoms with van der Waals surface area (Å²) >= 11 is 8.20. The van der Waals surface area contributed by atoms with E-state index in [-0.39, 0.29) is 0 Å². The van der Waals surface area contributed by atoms with E-state index in [1.165, 1.54) is 0 Å². The van der Waals surface area contributed by atoms with Gasteiger partial charge in [-0.15, -0.1) is 0 Å². The highest BCUT2D eigenvalue weighted by atomic mass is 79.9. The fourth-order valence-corrected chi connectivity index (χ4v) is 1.35. The van der Waals surface area contributed by atoms with E-state index < -0.39 is 0 Å². The van der Waals surface area contributed by atoms with Gasteiger partial charge in [0.15, 0.2) is 0 Å². The molecule has 0 radical (unpaired) electrons. The van der Waals surface area contributed by atoms with Gasteiger partial charge in [-0.2, -0.15) is 0 Å². The van der Waals surface area contributed by atoms with Crippen LogP contribution in [0.5, 0.6) is 0 Å². The lowest BCUT2D eigenvalue weighted by molar-refractivity contribution is 1.44. The Morgan fingerprint density at radius 2 is 1.71 bits per heavy atom. The summed E-state index contributed by atoms with van der Waals surface area (Å²) in [7, 11) is 0. The third-order valence-corrected chi connectivity index (χ3v) is 2.76. The summed E-state index contributed by atoms with van der Waals surface area (Å²) in [6.45, 7) is 1.82. The van der Waals surface area contributed by atoms with Gasteiger partial charge in [0, 0.05) is 15.7 Å². The van der Waals surface area contributed by atoms with Gasteiger partial charge < -0.3 is 11.5 Å². The zero-order chi connectivity index (χ0) is 10.7. The Balaban J connectivity index is 3.12. The summed E-state index contributed by atoms with van der Waals surface area (Å²) < 4.78 is 1.02. The number of halogens is 1. The van der Waals surface area contributed by atoms with Crippen LogP contribution in [-0.2, 0) is 0 Å². The quantitative estimate of drug-likeness (QED) is 0.641. The molecule has 0 bridgehead atoms. The van der Waals surface area contributed by atoms with Crippen molar-refractivity contribution in [2.24, 2.45) is 11.5 Å². The van der Waals surface area contributed by atoms with Crippen molar-refractivity contribution >= 4 is 38.8 Å². The van der Waals surface area contributed by atoms with E-state index in [0.29, 0.717) is 10.7 Å². The van der Waals surface area contributed by atoms with E-state index in [2.05, 4.69) is 15.9 Å². The summed E-state index contributed by atoms with van der Waals surface area (Å²) in [5.74, 6) is 0. The first kappa shape index (κ1) is 11.2. The van der Waals surface area contributed by atoms with Crippen LogP contribution < -0.4 is 11.5 Å². The van der Waals surface area contributed by atoms with Gasteiger partial charge in [-0.05, 0) is 24.6 Å². The predicted molar refractivity (Wildman–Crippen MR) is 67.7 cm³/mol. The molecule has 0 unspecified atom stereocenters. The number of benzene rings is 1. The number of rotatable bonds is 2. The Hall–Kier alpha value is -0.870. The van der Waals surface area contributed by atoms with Crippen molar-refractivity contribution in [3.05, 3.63) is 39.9 Å². The number of hydrogen-bond donors (Lipinski definition) is 2. The number of nitrogens with two attached hydrogens (primary N) is 2. The summed E-state index contributed by atoms with van der Waals surface area (Å²) in [6, 6.07) is 7.69. The minimum absolute atomic E-state index is 0.338. The highest BCUT2D eigenvalue weighted by molar-refractivity contribution is 9.10. The lowest BCUT2D eigenvalue weighted by Crippen LogP contribution is -2.14. The SMILES string of the molecule is C/C(C(N)=S)=C(\N)c1ccc(Br)cc1. The molecule has 0 aliphatic carbocycles. The van der Waals surface area contributed by atoms with Crippen molar-refractivity contribution in [2.75, 3.05) is 0 Å². The summed E-state index contributed by atoms with van der Waals surface area (Å²) in [6.07, 6.45) is 0. The monoisotopic (exact) mass is 270 g/mol. The van der Waals surface area contributed by atoms with Crippen molar-refractivity contribution in [3.8, 4) is 0 Å². The standard InChI is InChI=1S/C10H11BrN2S/c1-6(10(13)14)9(12)7-2-4-8(11)5-3-7/h2-5H,12H2,1H3,(H2,13,14)/b9-6+. The van der Waals surface area contributed by atoms with E-state index >= 15 is 0 Å². The van der Waals surface area contributed by atoms with E-state index in [0.717, 1.165) is 15.6 Å². The van der Waals surface area contributed by atoms with E-state index in [4.69, 9.17) is 23.7 Å². The average Bonchev–Trinajstić information content (AvgIpc) is 2.16. The lowest BCUT2D eigenvalue weighted by Gasteiger charge is -2.06. The van der Waals surface area contributed by atoms with Crippen LogP contribution in [0, 0.1) is 0 Å². The zero-order valence-corrected chi connectivity index (χ0v) is 10.2. The molecular weight excluding hydrogens is 260 g/mol. The molecule has 0 saturated carbocycles. The summed E-state index contributed by atoms with van der Waals surface area (Å²) in [4.78, 5) is 0.338. The number of thiocarbonyl (C=S) groups is 1. The second-order valence-corrected chi connectivity index (χ2v) is 4.27. The number of hydrogen-bond acceptors (Lipinski definition) is 2. The van der Waals surface area contributed by atoms with Crippen LogP contribution in [0.3, 0.4) is 0 Å². The molecule has 1 aromatic carbocycles. The van der Waals surface area contributed by atoms with Crippen LogP contribution >= 0.6 is 28.1 Å². The molecule has 1 rings (SSSR count). The molecule has 0 fully saturated rings. The Kier molecular flexibility index (Phi) is 3.66. The van der Waals surface area contributed by atoms with Crippen LogP contribution in [0.2, 0.25) is 0 Å². The maximum absolute atomic E-state index is 5.89. The fraction of sp³-hybridized carbons (Fsp3) is 0.100. The van der Waals surface area contributed by atoms with E-state index in [1.54, 1.807) is 0 Å². The Bertz CT molecular complexity index is 382. The molecule has 4 N–H and O–H groups in total. The molecular formula is C10H11BrN2S. The predicted octanol–water partition coefficient (Wildman–Crippen LogP) is 2.42. The van der Waals surface area contributed by atoms with Gasteiger partial charge in [-0.3, -0.25) is 0 Å². The van der Waals surface area contributed by atoms with Crippen molar-refractivity contribution < 1.29 is 0 Å². The molecule has 0 amide bonds. The zero-order valence-electron chi connectivity index (χ0n) is 7.75. The average molecular weight is 271 g/mol. The van der Waals surface area contributed by atoms with Gasteiger partial charge in [-0.1, -0.05) is 40.3 Å². The largest absolute Gasteiger partial charge is 0.398 e. The molecule has 0 spiro atoms. The van der Waals surface area contributed by atoms with Crippen LogP contribution in [-0.4, -0.2) is 4.99 Å². The van der Waals surface area contributed by atoms with Crippen LogP contribution in [0.25, 0.3) is 5.70 Å². The second-order valence-electron chi connectivity index (χ2n) is 2.91. The smallest absolute Gasteiger partial charge is 0.101 e. The molecule has 74 valence electrons. The van der Waals surface area contributed by atoms with Gasteiger partial charge in [0.1, 0.15) is 4.99 Å². The van der Waals surface area contributed by atoms with E-state index in [9.17, 15) is 0 Å². The molecule has 0 aliphatic heterocycles. The molecule has 2 nitrogen and oxygen atoms in total. The minimum Gasteiger partial charge on any atom is -0.398 e. The maximum Gasteiger partial charge on any atom is 0.101 e. The molecule has 14 heavy (non-hydrogen) atoms. The third-order valence-electron chi connectivity index (χ3n) is 1.93. The van der Waals surface area contributed by atoms with Crippen molar-refractivity contribution in [3.63, 3.8) is 0 Å². The first-order valence-electron chi connectivity index (χ1n) is 4.04. The highest BCUT2D eigenvalue weighted by Gasteiger charge is 2.03. The summed E-state index contributed by atoms with van der Waals surface area (Å²) in [5.41, 5.74) is 13.7. The van der Waals surface area contributed by atoms with Crippen molar-refractivity contribution in [1.29, 1.82) is 0 Å². The van der Waals surface area contributed by atoms with Crippen LogP contribution in [0.4, 0.5) is 0 Å². The first-order valence-corrected chi connectivity index (χ1v) is 5.24. The van der Waals surface area contributed by atoms with Crippen molar-refractivity contribution in [2.45, 2.75) is 6.92 Å². The lowest BCUT2D eigenvalue weighted by atomic mass is 10.1. The highest BCUT2D eigenvalue weighted by Crippen LogP contribution is 2.17. The topological polar surface area (TPSA) is 52.0 Å². The van der Waals surface area contributed by atoms with Gasteiger partial charge in [0.05, 0.1) is 0 Å². The molecule has 0 saturated heterocycles. The molecule has 0 aliphatic rings. The summed E-state index contributed by atoms with van der Waals surface area (Å²) in [5, 5.41) is 0. The normalized spacial score (nSPS) is 12.1. The van der Waals surface area contributed by atoms with Crippen LogP contribution in [0.1, 0.15) is 12.5 Å². The molecule has 4 heteroatoms. The fourth-order valence-electron chi connectivity index (χ4n) is 0.979. The maximum atomic E-state index is 5.89. The van der Waals surface area contributed by atoms with E-state index in [1.807, 2.05) is 31.2 Å². The van der Waals surface area contributed by atoms with Gasteiger partial charge >= 0.3 is 0 Å². The Morgan fingerprint density at radius 1 is 1.21 bits per heavy atom. The molecule has 0 atom stereocenters. The van der Waals surface area contributed by atoms with Gasteiger partial charge in [-0.25, -0.2) is 0 Å². The minimum atomic E-state index is 0.338. The molecule has 0 heterocycles. The Labute approximate surface area is 97.1 Å².